The Morgan fingerprint density at radius 1 is 0.906 bits per heavy atom. The molecule has 2 heterocycles. The van der Waals surface area contributed by atoms with E-state index in [1.807, 2.05) is 45.9 Å². The summed E-state index contributed by atoms with van der Waals surface area (Å²) in [6, 6.07) is 14.6. The molecule has 0 saturated heterocycles. The number of nitrogens with one attached hydrogen (secondary N) is 2. The van der Waals surface area contributed by atoms with Crippen LogP contribution in [0.3, 0.4) is 0 Å². The third-order valence-corrected chi connectivity index (χ3v) is 6.17. The van der Waals surface area contributed by atoms with Crippen LogP contribution >= 0.6 is 11.8 Å². The van der Waals surface area contributed by atoms with Crippen LogP contribution in [0.4, 0.5) is 21.9 Å². The van der Waals surface area contributed by atoms with E-state index in [2.05, 4.69) is 21.7 Å². The predicted octanol–water partition coefficient (Wildman–Crippen LogP) is 5.71. The van der Waals surface area contributed by atoms with E-state index in [0.29, 0.717) is 17.8 Å². The number of carbonyl (C=O) groups is 2. The highest BCUT2D eigenvalue weighted by Crippen LogP contribution is 2.36. The van der Waals surface area contributed by atoms with Gasteiger partial charge in [0.1, 0.15) is 5.03 Å². The zero-order chi connectivity index (χ0) is 22.8. The molecule has 32 heavy (non-hydrogen) atoms. The van der Waals surface area contributed by atoms with Crippen LogP contribution in [0.25, 0.3) is 0 Å². The maximum absolute atomic E-state index is 13.0. The lowest BCUT2D eigenvalue weighted by Gasteiger charge is -2.30. The quantitative estimate of drug-likeness (QED) is 0.540. The van der Waals surface area contributed by atoms with E-state index >= 15 is 0 Å². The third kappa shape index (κ3) is 4.78. The van der Waals surface area contributed by atoms with Crippen LogP contribution in [-0.2, 0) is 0 Å². The lowest BCUT2D eigenvalue weighted by molar-refractivity contribution is 0.102. The van der Waals surface area contributed by atoms with Crippen molar-refractivity contribution in [1.29, 1.82) is 0 Å². The Kier molecular flexibility index (Phi) is 6.19. The van der Waals surface area contributed by atoms with E-state index < -0.39 is 0 Å². The first kappa shape index (κ1) is 21.9. The van der Waals surface area contributed by atoms with Crippen LogP contribution in [0.5, 0.6) is 0 Å². The van der Waals surface area contributed by atoms with Crippen molar-refractivity contribution in [3.8, 4) is 0 Å². The summed E-state index contributed by atoms with van der Waals surface area (Å²) < 4.78 is 0. The molecule has 0 unspecified atom stereocenters. The third-order valence-electron chi connectivity index (χ3n) is 5.23. The number of thioether (sulfide) groups is 1. The molecule has 1 aliphatic heterocycles. The first-order valence-electron chi connectivity index (χ1n) is 10.5. The lowest BCUT2D eigenvalue weighted by Crippen LogP contribution is -2.39. The molecule has 0 bridgehead atoms. The SMILES string of the molecule is Cc1cc(C)cc(NC(=O)c2ccc(NC(=O)N3CCSc4nc(C)cc(C)c43)cc2)c1. The van der Waals surface area contributed by atoms with Crippen molar-refractivity contribution in [2.24, 2.45) is 0 Å². The molecule has 3 amide bonds. The number of amides is 3. The highest BCUT2D eigenvalue weighted by atomic mass is 32.2. The summed E-state index contributed by atoms with van der Waals surface area (Å²) in [5, 5.41) is 6.76. The largest absolute Gasteiger partial charge is 0.326 e. The number of benzene rings is 2. The first-order chi connectivity index (χ1) is 15.3. The molecule has 0 radical (unpaired) electrons. The molecular weight excluding hydrogens is 420 g/mol. The maximum Gasteiger partial charge on any atom is 0.326 e. The van der Waals surface area contributed by atoms with Crippen molar-refractivity contribution in [2.75, 3.05) is 27.8 Å². The minimum atomic E-state index is -0.201. The van der Waals surface area contributed by atoms with Gasteiger partial charge in [0, 0.05) is 34.9 Å². The fourth-order valence-electron chi connectivity index (χ4n) is 3.92. The van der Waals surface area contributed by atoms with Gasteiger partial charge in [-0.3, -0.25) is 9.69 Å². The summed E-state index contributed by atoms with van der Waals surface area (Å²) in [7, 11) is 0. The number of urea groups is 1. The molecule has 0 aliphatic carbocycles. The number of nitrogens with zero attached hydrogens (tertiary/aromatic N) is 2. The molecule has 7 heteroatoms. The van der Waals surface area contributed by atoms with Gasteiger partial charge >= 0.3 is 6.03 Å². The van der Waals surface area contributed by atoms with Gasteiger partial charge in [-0.15, -0.1) is 11.8 Å². The second-order valence-electron chi connectivity index (χ2n) is 8.07. The molecule has 3 aromatic rings. The van der Waals surface area contributed by atoms with Crippen molar-refractivity contribution in [3.63, 3.8) is 0 Å². The van der Waals surface area contributed by atoms with E-state index in [9.17, 15) is 9.59 Å². The minimum absolute atomic E-state index is 0.188. The van der Waals surface area contributed by atoms with E-state index in [1.54, 1.807) is 40.9 Å². The lowest BCUT2D eigenvalue weighted by atomic mass is 10.1. The molecule has 1 aliphatic rings. The number of hydrogen-bond acceptors (Lipinski definition) is 4. The van der Waals surface area contributed by atoms with Gasteiger partial charge in [0.05, 0.1) is 5.69 Å². The number of hydrogen-bond donors (Lipinski definition) is 2. The van der Waals surface area contributed by atoms with Gasteiger partial charge in [-0.1, -0.05) is 6.07 Å². The number of anilines is 3. The van der Waals surface area contributed by atoms with Crippen molar-refractivity contribution in [3.05, 3.63) is 76.5 Å². The molecule has 4 rings (SSSR count). The van der Waals surface area contributed by atoms with E-state index in [0.717, 1.165) is 44.5 Å². The monoisotopic (exact) mass is 446 g/mol. The normalized spacial score (nSPS) is 12.8. The molecule has 6 nitrogen and oxygen atoms in total. The van der Waals surface area contributed by atoms with Crippen LogP contribution < -0.4 is 15.5 Å². The Bertz CT molecular complexity index is 1170. The van der Waals surface area contributed by atoms with Crippen molar-refractivity contribution in [2.45, 2.75) is 32.7 Å². The smallest absolute Gasteiger partial charge is 0.322 e. The van der Waals surface area contributed by atoms with E-state index in [-0.39, 0.29) is 11.9 Å². The van der Waals surface area contributed by atoms with Gasteiger partial charge < -0.3 is 10.6 Å². The van der Waals surface area contributed by atoms with Gasteiger partial charge in [-0.2, -0.15) is 0 Å². The summed E-state index contributed by atoms with van der Waals surface area (Å²) in [6.07, 6.45) is 0. The van der Waals surface area contributed by atoms with Gasteiger partial charge in [0.15, 0.2) is 0 Å². The zero-order valence-electron chi connectivity index (χ0n) is 18.7. The zero-order valence-corrected chi connectivity index (χ0v) is 19.5. The molecule has 2 aromatic carbocycles. The average Bonchev–Trinajstić information content (AvgIpc) is 2.72. The molecule has 0 spiro atoms. The summed E-state index contributed by atoms with van der Waals surface area (Å²) in [5.74, 6) is 0.611. The molecule has 0 saturated carbocycles. The highest BCUT2D eigenvalue weighted by molar-refractivity contribution is 7.99. The summed E-state index contributed by atoms with van der Waals surface area (Å²) >= 11 is 1.67. The standard InChI is InChI=1S/C25H26N4O2S/c1-15-11-16(2)13-21(12-15)27-23(30)19-5-7-20(8-6-19)28-25(31)29-9-10-32-24-22(29)17(3)14-18(4)26-24/h5-8,11-14H,9-10H2,1-4H3,(H,27,30)(H,28,31). The van der Waals surface area contributed by atoms with Gasteiger partial charge in [-0.25, -0.2) is 9.78 Å². The van der Waals surface area contributed by atoms with Crippen molar-refractivity contribution in [1.82, 2.24) is 4.98 Å². The Morgan fingerprint density at radius 2 is 1.59 bits per heavy atom. The molecule has 164 valence electrons. The van der Waals surface area contributed by atoms with Crippen LogP contribution in [0.2, 0.25) is 0 Å². The van der Waals surface area contributed by atoms with E-state index in [4.69, 9.17) is 0 Å². The number of pyridine rings is 1. The van der Waals surface area contributed by atoms with Crippen LogP contribution in [0.1, 0.15) is 32.7 Å². The molecule has 1 aromatic heterocycles. The first-order valence-corrected chi connectivity index (χ1v) is 11.5. The van der Waals surface area contributed by atoms with Gasteiger partial charge in [-0.05, 0) is 86.8 Å². The fourth-order valence-corrected chi connectivity index (χ4v) is 5.00. The Balaban J connectivity index is 1.45. The highest BCUT2D eigenvalue weighted by Gasteiger charge is 2.26. The number of aryl methyl sites for hydroxylation is 4. The van der Waals surface area contributed by atoms with Crippen molar-refractivity contribution < 1.29 is 9.59 Å². The Hall–Kier alpha value is -3.32. The molecular formula is C25H26N4O2S. The molecule has 0 fully saturated rings. The Morgan fingerprint density at radius 3 is 2.28 bits per heavy atom. The van der Waals surface area contributed by atoms with Gasteiger partial charge in [0.25, 0.3) is 5.91 Å². The second-order valence-corrected chi connectivity index (χ2v) is 9.16. The fraction of sp³-hybridized carbons (Fsp3) is 0.240. The molecule has 0 atom stereocenters. The van der Waals surface area contributed by atoms with Gasteiger partial charge in [0.2, 0.25) is 0 Å². The number of carbonyl (C=O) groups excluding carboxylic acids is 2. The summed E-state index contributed by atoms with van der Waals surface area (Å²) in [5.41, 5.74) is 6.97. The van der Waals surface area contributed by atoms with Crippen LogP contribution in [0, 0.1) is 27.7 Å². The van der Waals surface area contributed by atoms with Crippen molar-refractivity contribution >= 4 is 40.8 Å². The summed E-state index contributed by atoms with van der Waals surface area (Å²) in [6.45, 7) is 8.58. The summed E-state index contributed by atoms with van der Waals surface area (Å²) in [4.78, 5) is 31.9. The van der Waals surface area contributed by atoms with Crippen LogP contribution in [-0.4, -0.2) is 29.2 Å². The average molecular weight is 447 g/mol. The Labute approximate surface area is 192 Å². The number of fused-ring (bicyclic) bond motifs is 1. The molecule has 2 N–H and O–H groups in total. The predicted molar refractivity (Wildman–Crippen MR) is 131 cm³/mol. The minimum Gasteiger partial charge on any atom is -0.322 e. The van der Waals surface area contributed by atoms with Crippen LogP contribution in [0.15, 0.2) is 53.6 Å². The second kappa shape index (κ2) is 9.04. The number of rotatable bonds is 3. The van der Waals surface area contributed by atoms with E-state index in [1.165, 1.54) is 0 Å². The topological polar surface area (TPSA) is 74.3 Å². The maximum atomic E-state index is 13.0. The number of aromatic nitrogens is 1.